The highest BCUT2D eigenvalue weighted by Crippen LogP contribution is 2.47. The smallest absolute Gasteiger partial charge is 0.405 e. The summed E-state index contributed by atoms with van der Waals surface area (Å²) >= 11 is 0. The standard InChI is InChI=1S/C22H23F3N4O3/c23-22(24,25)31-18-4-2-1-3-16(18)20-17(21(32-28-20)12-5-6-12)11-30-15-9-13-7-8-14(10-15)19(13)27-29-26/h1-4,12-15,19H,5-11H2. The van der Waals surface area contributed by atoms with Crippen LogP contribution in [0.15, 0.2) is 33.9 Å². The first-order valence-electron chi connectivity index (χ1n) is 10.9. The molecule has 2 atom stereocenters. The quantitative estimate of drug-likeness (QED) is 0.274. The number of benzene rings is 1. The molecule has 1 aromatic heterocycles. The number of hydrogen-bond acceptors (Lipinski definition) is 5. The maximum absolute atomic E-state index is 12.9. The molecule has 7 nitrogen and oxygen atoms in total. The van der Waals surface area contributed by atoms with Crippen LogP contribution in [0.1, 0.15) is 55.8 Å². The summed E-state index contributed by atoms with van der Waals surface area (Å²) in [5.74, 6) is 1.24. The number of rotatable bonds is 7. The third-order valence-corrected chi connectivity index (χ3v) is 6.79. The van der Waals surface area contributed by atoms with Gasteiger partial charge in [-0.25, -0.2) is 0 Å². The van der Waals surface area contributed by atoms with Crippen molar-refractivity contribution in [3.8, 4) is 17.0 Å². The summed E-state index contributed by atoms with van der Waals surface area (Å²) in [6.07, 6.45) is 0.812. The van der Waals surface area contributed by atoms with Crippen molar-refractivity contribution in [2.45, 2.75) is 69.6 Å². The van der Waals surface area contributed by atoms with E-state index in [9.17, 15) is 13.2 Å². The highest BCUT2D eigenvalue weighted by atomic mass is 19.4. The minimum atomic E-state index is -4.81. The van der Waals surface area contributed by atoms with Crippen molar-refractivity contribution in [1.29, 1.82) is 0 Å². The molecule has 2 unspecified atom stereocenters. The predicted octanol–water partition coefficient (Wildman–Crippen LogP) is 6.50. The minimum absolute atomic E-state index is 0.00844. The van der Waals surface area contributed by atoms with Gasteiger partial charge >= 0.3 is 6.36 Å². The van der Waals surface area contributed by atoms with E-state index in [1.54, 1.807) is 12.1 Å². The molecule has 1 aromatic carbocycles. The van der Waals surface area contributed by atoms with Gasteiger partial charge in [-0.3, -0.25) is 0 Å². The van der Waals surface area contributed by atoms with Gasteiger partial charge in [0, 0.05) is 28.0 Å². The second-order valence-electron chi connectivity index (χ2n) is 8.89. The van der Waals surface area contributed by atoms with Crippen LogP contribution in [0.5, 0.6) is 5.75 Å². The summed E-state index contributed by atoms with van der Waals surface area (Å²) in [6.45, 7) is 0.210. The van der Waals surface area contributed by atoms with Crippen molar-refractivity contribution in [2.75, 3.05) is 0 Å². The number of aromatic nitrogens is 1. The highest BCUT2D eigenvalue weighted by molar-refractivity contribution is 5.70. The summed E-state index contributed by atoms with van der Waals surface area (Å²) in [5, 5.41) is 8.11. The Hall–Kier alpha value is -2.71. The van der Waals surface area contributed by atoms with Crippen LogP contribution in [0.4, 0.5) is 13.2 Å². The van der Waals surface area contributed by atoms with Crippen molar-refractivity contribution >= 4 is 0 Å². The van der Waals surface area contributed by atoms with E-state index in [1.165, 1.54) is 12.1 Å². The second kappa shape index (κ2) is 8.33. The van der Waals surface area contributed by atoms with E-state index in [0.717, 1.165) is 38.5 Å². The van der Waals surface area contributed by atoms with Gasteiger partial charge in [0.05, 0.1) is 12.7 Å². The molecule has 10 heteroatoms. The number of halogens is 3. The third kappa shape index (κ3) is 4.29. The van der Waals surface area contributed by atoms with Gasteiger partial charge in [0.25, 0.3) is 0 Å². The summed E-state index contributed by atoms with van der Waals surface area (Å²) in [7, 11) is 0. The molecular formula is C22H23F3N4O3. The van der Waals surface area contributed by atoms with E-state index in [2.05, 4.69) is 19.9 Å². The second-order valence-corrected chi connectivity index (χ2v) is 8.89. The Morgan fingerprint density at radius 1 is 1.12 bits per heavy atom. The van der Waals surface area contributed by atoms with Crippen LogP contribution >= 0.6 is 0 Å². The summed E-state index contributed by atoms with van der Waals surface area (Å²) < 4.78 is 54.8. The molecule has 5 rings (SSSR count). The number of azide groups is 1. The average molecular weight is 448 g/mol. The molecule has 170 valence electrons. The molecule has 3 fully saturated rings. The lowest BCUT2D eigenvalue weighted by Gasteiger charge is -2.32. The Labute approximate surface area is 182 Å². The first-order valence-corrected chi connectivity index (χ1v) is 10.9. The fourth-order valence-corrected chi connectivity index (χ4v) is 5.24. The number of hydrogen-bond donors (Lipinski definition) is 0. The van der Waals surface area contributed by atoms with E-state index in [1.807, 2.05) is 0 Å². The molecule has 0 amide bonds. The topological polar surface area (TPSA) is 93.3 Å². The van der Waals surface area contributed by atoms with Crippen LogP contribution in [0.2, 0.25) is 0 Å². The SMILES string of the molecule is [N-]=[N+]=NC1C2CCC1CC(OCc1c(-c3ccccc3OC(F)(F)F)noc1C1CC1)C2. The summed E-state index contributed by atoms with van der Waals surface area (Å²) in [6, 6.07) is 5.99. The van der Waals surface area contributed by atoms with Gasteiger partial charge < -0.3 is 14.0 Å². The molecule has 2 aromatic rings. The Kier molecular flexibility index (Phi) is 5.51. The number of fused-ring (bicyclic) bond motifs is 2. The zero-order valence-electron chi connectivity index (χ0n) is 17.3. The molecule has 0 saturated heterocycles. The fraction of sp³-hybridized carbons (Fsp3) is 0.591. The monoisotopic (exact) mass is 448 g/mol. The van der Waals surface area contributed by atoms with Crippen LogP contribution in [0.3, 0.4) is 0 Å². The predicted molar refractivity (Wildman–Crippen MR) is 108 cm³/mol. The molecule has 3 aliphatic carbocycles. The van der Waals surface area contributed by atoms with Gasteiger partial charge in [-0.15, -0.1) is 13.2 Å². The van der Waals surface area contributed by atoms with Crippen LogP contribution in [-0.4, -0.2) is 23.7 Å². The lowest BCUT2D eigenvalue weighted by molar-refractivity contribution is -0.274. The molecule has 2 bridgehead atoms. The average Bonchev–Trinajstić information content (AvgIpc) is 3.46. The third-order valence-electron chi connectivity index (χ3n) is 6.79. The van der Waals surface area contributed by atoms with Gasteiger partial charge in [0.1, 0.15) is 17.2 Å². The number of alkyl halides is 3. The van der Waals surface area contributed by atoms with Gasteiger partial charge in [-0.05, 0) is 68.0 Å². The molecule has 0 aliphatic heterocycles. The Morgan fingerprint density at radius 2 is 1.84 bits per heavy atom. The summed E-state index contributed by atoms with van der Waals surface area (Å²) in [4.78, 5) is 3.00. The largest absolute Gasteiger partial charge is 0.573 e. The van der Waals surface area contributed by atoms with Crippen molar-refractivity contribution in [3.05, 3.63) is 46.0 Å². The lowest BCUT2D eigenvalue weighted by Crippen LogP contribution is -2.33. The zero-order valence-corrected chi connectivity index (χ0v) is 17.3. The van der Waals surface area contributed by atoms with Crippen molar-refractivity contribution in [1.82, 2.24) is 5.16 Å². The molecule has 0 N–H and O–H groups in total. The fourth-order valence-electron chi connectivity index (χ4n) is 5.24. The molecule has 32 heavy (non-hydrogen) atoms. The van der Waals surface area contributed by atoms with Crippen LogP contribution in [0, 0.1) is 11.8 Å². The minimum Gasteiger partial charge on any atom is -0.405 e. The van der Waals surface area contributed by atoms with Crippen molar-refractivity contribution in [2.24, 2.45) is 17.0 Å². The normalized spacial score (nSPS) is 27.2. The first-order chi connectivity index (χ1) is 15.4. The molecule has 0 spiro atoms. The molecular weight excluding hydrogens is 425 g/mol. The first kappa shape index (κ1) is 21.2. The van der Waals surface area contributed by atoms with Crippen LogP contribution < -0.4 is 4.74 Å². The molecule has 3 saturated carbocycles. The number of nitrogens with zero attached hydrogens (tertiary/aromatic N) is 4. The van der Waals surface area contributed by atoms with Gasteiger partial charge in [0.15, 0.2) is 0 Å². The maximum Gasteiger partial charge on any atom is 0.573 e. The Bertz CT molecular complexity index is 1020. The van der Waals surface area contributed by atoms with Gasteiger partial charge in [-0.1, -0.05) is 22.4 Å². The molecule has 3 aliphatic rings. The molecule has 0 radical (unpaired) electrons. The number of ether oxygens (including phenoxy) is 2. The van der Waals surface area contributed by atoms with Gasteiger partial charge in [0.2, 0.25) is 0 Å². The highest BCUT2D eigenvalue weighted by Gasteiger charge is 2.43. The van der Waals surface area contributed by atoms with E-state index >= 15 is 0 Å². The van der Waals surface area contributed by atoms with Crippen molar-refractivity contribution in [3.63, 3.8) is 0 Å². The molecule has 1 heterocycles. The maximum atomic E-state index is 12.9. The zero-order chi connectivity index (χ0) is 22.3. The van der Waals surface area contributed by atoms with E-state index < -0.39 is 6.36 Å². The Balaban J connectivity index is 1.38. The van der Waals surface area contributed by atoms with E-state index in [0.29, 0.717) is 28.9 Å². The van der Waals surface area contributed by atoms with Gasteiger partial charge in [-0.2, -0.15) is 0 Å². The van der Waals surface area contributed by atoms with Crippen molar-refractivity contribution < 1.29 is 27.2 Å². The van der Waals surface area contributed by atoms with Crippen LogP contribution in [0.25, 0.3) is 21.7 Å². The summed E-state index contributed by atoms with van der Waals surface area (Å²) in [5.41, 5.74) is 10.1. The number of para-hydroxylation sites is 1. The van der Waals surface area contributed by atoms with E-state index in [4.69, 9.17) is 14.8 Å². The van der Waals surface area contributed by atoms with Crippen LogP contribution in [-0.2, 0) is 11.3 Å². The lowest BCUT2D eigenvalue weighted by atomic mass is 9.83. The van der Waals surface area contributed by atoms with E-state index in [-0.39, 0.29) is 36.0 Å². The Morgan fingerprint density at radius 3 is 2.50 bits per heavy atom.